The standard InChI is InChI=1S/C19H23N5O3/c1-12-17(14(3)26)13(2)24(21-12)11-16-20-19(22-23(16)9-10-25)18(27)15-7-5-4-6-8-15/h4-8,18,25,27H,9-11H2,1-3H3/t18-/m0/s1. The maximum absolute atomic E-state index is 11.8. The molecule has 0 aliphatic carbocycles. The molecule has 1 atom stereocenters. The number of hydrogen-bond acceptors (Lipinski definition) is 6. The van der Waals surface area contributed by atoms with Crippen molar-refractivity contribution in [1.82, 2.24) is 24.5 Å². The molecule has 0 fully saturated rings. The zero-order chi connectivity index (χ0) is 19.6. The van der Waals surface area contributed by atoms with Crippen LogP contribution in [-0.4, -0.2) is 47.1 Å². The van der Waals surface area contributed by atoms with Crippen LogP contribution in [0.15, 0.2) is 30.3 Å². The number of benzene rings is 1. The predicted molar refractivity (Wildman–Crippen MR) is 98.4 cm³/mol. The summed E-state index contributed by atoms with van der Waals surface area (Å²) in [5.74, 6) is 0.779. The summed E-state index contributed by atoms with van der Waals surface area (Å²) in [4.78, 5) is 16.3. The zero-order valence-corrected chi connectivity index (χ0v) is 15.6. The first kappa shape index (κ1) is 18.9. The molecule has 0 bridgehead atoms. The molecule has 2 heterocycles. The molecule has 1 aromatic carbocycles. The molecular formula is C19H23N5O3. The van der Waals surface area contributed by atoms with Crippen molar-refractivity contribution < 1.29 is 15.0 Å². The molecule has 3 aromatic rings. The molecule has 0 aliphatic rings. The van der Waals surface area contributed by atoms with E-state index in [1.165, 1.54) is 6.92 Å². The minimum Gasteiger partial charge on any atom is -0.394 e. The van der Waals surface area contributed by atoms with E-state index < -0.39 is 6.10 Å². The maximum Gasteiger partial charge on any atom is 0.184 e. The van der Waals surface area contributed by atoms with Crippen LogP contribution in [0.3, 0.4) is 0 Å². The minimum absolute atomic E-state index is 0.0340. The van der Waals surface area contributed by atoms with Gasteiger partial charge >= 0.3 is 0 Å². The molecule has 0 saturated carbocycles. The molecule has 0 radical (unpaired) electrons. The lowest BCUT2D eigenvalue weighted by Gasteiger charge is -2.06. The maximum atomic E-state index is 11.8. The highest BCUT2D eigenvalue weighted by Gasteiger charge is 2.21. The molecular weight excluding hydrogens is 346 g/mol. The number of hydrogen-bond donors (Lipinski definition) is 2. The van der Waals surface area contributed by atoms with Crippen molar-refractivity contribution >= 4 is 5.78 Å². The lowest BCUT2D eigenvalue weighted by molar-refractivity contribution is 0.101. The molecule has 2 aromatic heterocycles. The number of aliphatic hydroxyl groups excluding tert-OH is 2. The first-order chi connectivity index (χ1) is 12.9. The van der Waals surface area contributed by atoms with Crippen LogP contribution >= 0.6 is 0 Å². The van der Waals surface area contributed by atoms with Gasteiger partial charge in [0.25, 0.3) is 0 Å². The molecule has 0 aliphatic heterocycles. The van der Waals surface area contributed by atoms with E-state index in [9.17, 15) is 15.0 Å². The van der Waals surface area contributed by atoms with Crippen LogP contribution in [0.5, 0.6) is 0 Å². The summed E-state index contributed by atoms with van der Waals surface area (Å²) in [5.41, 5.74) is 2.71. The Kier molecular flexibility index (Phi) is 5.48. The quantitative estimate of drug-likeness (QED) is 0.610. The summed E-state index contributed by atoms with van der Waals surface area (Å²) in [5, 5.41) is 28.7. The van der Waals surface area contributed by atoms with E-state index in [2.05, 4.69) is 15.2 Å². The number of carbonyl (C=O) groups is 1. The number of aromatic nitrogens is 5. The van der Waals surface area contributed by atoms with Crippen LogP contribution in [0, 0.1) is 13.8 Å². The molecule has 3 rings (SSSR count). The summed E-state index contributed by atoms with van der Waals surface area (Å²) in [6.07, 6.45) is -0.960. The number of rotatable bonds is 7. The van der Waals surface area contributed by atoms with Crippen molar-refractivity contribution in [3.8, 4) is 0 Å². The lowest BCUT2D eigenvalue weighted by Crippen LogP contribution is -2.14. The van der Waals surface area contributed by atoms with Gasteiger partial charge in [0.15, 0.2) is 11.6 Å². The highest BCUT2D eigenvalue weighted by atomic mass is 16.3. The lowest BCUT2D eigenvalue weighted by atomic mass is 10.1. The molecule has 8 nitrogen and oxygen atoms in total. The highest BCUT2D eigenvalue weighted by molar-refractivity contribution is 5.96. The number of aliphatic hydroxyl groups is 2. The summed E-state index contributed by atoms with van der Waals surface area (Å²) in [7, 11) is 0. The van der Waals surface area contributed by atoms with Gasteiger partial charge in [-0.1, -0.05) is 30.3 Å². The van der Waals surface area contributed by atoms with Gasteiger partial charge in [0, 0.05) is 5.69 Å². The Morgan fingerprint density at radius 2 is 1.85 bits per heavy atom. The fourth-order valence-corrected chi connectivity index (χ4v) is 3.18. The Morgan fingerprint density at radius 3 is 2.44 bits per heavy atom. The third-order valence-corrected chi connectivity index (χ3v) is 4.46. The van der Waals surface area contributed by atoms with Crippen LogP contribution in [0.4, 0.5) is 0 Å². The van der Waals surface area contributed by atoms with Gasteiger partial charge in [-0.25, -0.2) is 9.67 Å². The van der Waals surface area contributed by atoms with E-state index in [-0.39, 0.29) is 31.3 Å². The Morgan fingerprint density at radius 1 is 1.15 bits per heavy atom. The predicted octanol–water partition coefficient (Wildman–Crippen LogP) is 1.42. The van der Waals surface area contributed by atoms with Crippen molar-refractivity contribution in [2.24, 2.45) is 0 Å². The Balaban J connectivity index is 1.95. The molecule has 0 unspecified atom stereocenters. The largest absolute Gasteiger partial charge is 0.394 e. The van der Waals surface area contributed by atoms with E-state index in [1.807, 2.05) is 25.1 Å². The van der Waals surface area contributed by atoms with Gasteiger partial charge in [-0.2, -0.15) is 10.2 Å². The topological polar surface area (TPSA) is 106 Å². The number of ketones is 1. The van der Waals surface area contributed by atoms with Crippen LogP contribution in [-0.2, 0) is 13.1 Å². The van der Waals surface area contributed by atoms with Gasteiger partial charge in [-0.05, 0) is 26.3 Å². The summed E-state index contributed by atoms with van der Waals surface area (Å²) < 4.78 is 3.26. The highest BCUT2D eigenvalue weighted by Crippen LogP contribution is 2.20. The van der Waals surface area contributed by atoms with Gasteiger partial charge in [-0.3, -0.25) is 9.48 Å². The normalized spacial score (nSPS) is 12.3. The SMILES string of the molecule is CC(=O)c1c(C)nn(Cc2nc([C@@H](O)c3ccccc3)nn2CCO)c1C. The van der Waals surface area contributed by atoms with Crippen LogP contribution in [0.25, 0.3) is 0 Å². The second-order valence-corrected chi connectivity index (χ2v) is 6.41. The van der Waals surface area contributed by atoms with Crippen LogP contribution in [0.1, 0.15) is 52.0 Å². The second-order valence-electron chi connectivity index (χ2n) is 6.41. The number of Topliss-reactive ketones (excluding diaryl/α,β-unsaturated/α-hetero) is 1. The fourth-order valence-electron chi connectivity index (χ4n) is 3.18. The van der Waals surface area contributed by atoms with Crippen molar-refractivity contribution in [3.05, 3.63) is 64.5 Å². The number of carbonyl (C=O) groups excluding carboxylic acids is 1. The van der Waals surface area contributed by atoms with E-state index in [0.717, 1.165) is 5.69 Å². The summed E-state index contributed by atoms with van der Waals surface area (Å²) in [6, 6.07) is 9.15. The molecule has 2 N–H and O–H groups in total. The van der Waals surface area contributed by atoms with Gasteiger partial charge < -0.3 is 10.2 Å². The van der Waals surface area contributed by atoms with Crippen molar-refractivity contribution in [2.45, 2.75) is 40.0 Å². The first-order valence-corrected chi connectivity index (χ1v) is 8.74. The van der Waals surface area contributed by atoms with E-state index >= 15 is 0 Å². The van der Waals surface area contributed by atoms with E-state index in [0.29, 0.717) is 22.6 Å². The fraction of sp³-hybridized carbons (Fsp3) is 0.368. The van der Waals surface area contributed by atoms with Crippen LogP contribution in [0.2, 0.25) is 0 Å². The zero-order valence-electron chi connectivity index (χ0n) is 15.6. The van der Waals surface area contributed by atoms with Crippen molar-refractivity contribution in [3.63, 3.8) is 0 Å². The summed E-state index contributed by atoms with van der Waals surface area (Å²) >= 11 is 0. The van der Waals surface area contributed by atoms with Gasteiger partial charge in [0.2, 0.25) is 0 Å². The molecule has 0 amide bonds. The van der Waals surface area contributed by atoms with Crippen LogP contribution < -0.4 is 0 Å². The Hall–Kier alpha value is -2.84. The van der Waals surface area contributed by atoms with E-state index in [4.69, 9.17) is 0 Å². The third kappa shape index (κ3) is 3.81. The molecule has 0 spiro atoms. The second kappa shape index (κ2) is 7.81. The van der Waals surface area contributed by atoms with Crippen molar-refractivity contribution in [2.75, 3.05) is 6.61 Å². The van der Waals surface area contributed by atoms with Crippen molar-refractivity contribution in [1.29, 1.82) is 0 Å². The van der Waals surface area contributed by atoms with Gasteiger partial charge in [0.1, 0.15) is 18.5 Å². The van der Waals surface area contributed by atoms with E-state index in [1.54, 1.807) is 28.4 Å². The van der Waals surface area contributed by atoms with Gasteiger partial charge in [-0.15, -0.1) is 0 Å². The number of nitrogens with zero attached hydrogens (tertiary/aromatic N) is 5. The molecule has 8 heteroatoms. The number of aryl methyl sites for hydroxylation is 1. The summed E-state index contributed by atoms with van der Waals surface area (Å²) in [6.45, 7) is 5.58. The molecule has 27 heavy (non-hydrogen) atoms. The molecule has 0 saturated heterocycles. The molecule has 142 valence electrons. The average molecular weight is 369 g/mol. The van der Waals surface area contributed by atoms with Gasteiger partial charge in [0.05, 0.1) is 24.4 Å². The Labute approximate surface area is 157 Å². The first-order valence-electron chi connectivity index (χ1n) is 8.74. The smallest absolute Gasteiger partial charge is 0.184 e. The minimum atomic E-state index is -0.960. The third-order valence-electron chi connectivity index (χ3n) is 4.46. The Bertz CT molecular complexity index is 946. The average Bonchev–Trinajstić information content (AvgIpc) is 3.16. The monoisotopic (exact) mass is 369 g/mol.